The molecule has 0 aliphatic heterocycles. The van der Waals surface area contributed by atoms with Crippen molar-refractivity contribution in [2.45, 2.75) is 6.54 Å². The third-order valence-electron chi connectivity index (χ3n) is 4.77. The third kappa shape index (κ3) is 4.14. The van der Waals surface area contributed by atoms with Crippen LogP contribution in [0.4, 0.5) is 4.39 Å². The molecule has 0 amide bonds. The number of ether oxygens (including phenoxy) is 2. The van der Waals surface area contributed by atoms with Crippen LogP contribution in [-0.4, -0.2) is 24.0 Å². The molecule has 0 aliphatic rings. The highest BCUT2D eigenvalue weighted by Gasteiger charge is 2.13. The van der Waals surface area contributed by atoms with E-state index >= 15 is 0 Å². The second-order valence-electron chi connectivity index (χ2n) is 6.66. The summed E-state index contributed by atoms with van der Waals surface area (Å²) in [5, 5.41) is 4.80. The number of hydrogen-bond donors (Lipinski definition) is 0. The molecule has 0 bridgehead atoms. The first-order valence-corrected chi connectivity index (χ1v) is 9.27. The van der Waals surface area contributed by atoms with E-state index < -0.39 is 0 Å². The molecule has 4 aromatic rings. The number of methoxy groups -OCH3 is 2. The number of rotatable bonds is 6. The predicted molar refractivity (Wildman–Crippen MR) is 112 cm³/mol. The Morgan fingerprint density at radius 3 is 2.00 bits per heavy atom. The minimum absolute atomic E-state index is 0.254. The van der Waals surface area contributed by atoms with Gasteiger partial charge < -0.3 is 9.47 Å². The molecule has 0 saturated heterocycles. The highest BCUT2D eigenvalue weighted by atomic mass is 19.1. The largest absolute Gasteiger partial charge is 0.497 e. The van der Waals surface area contributed by atoms with Crippen molar-refractivity contribution < 1.29 is 13.9 Å². The van der Waals surface area contributed by atoms with E-state index in [1.807, 2.05) is 65.3 Å². The molecule has 5 heteroatoms. The Labute approximate surface area is 169 Å². The van der Waals surface area contributed by atoms with E-state index in [2.05, 4.69) is 0 Å². The van der Waals surface area contributed by atoms with E-state index in [-0.39, 0.29) is 5.82 Å². The molecule has 0 spiro atoms. The summed E-state index contributed by atoms with van der Waals surface area (Å²) in [5.74, 6) is 1.33. The van der Waals surface area contributed by atoms with E-state index in [4.69, 9.17) is 14.6 Å². The molecule has 146 valence electrons. The fourth-order valence-corrected chi connectivity index (χ4v) is 3.24. The molecule has 4 nitrogen and oxygen atoms in total. The Hall–Kier alpha value is -3.60. The second-order valence-corrected chi connectivity index (χ2v) is 6.66. The lowest BCUT2D eigenvalue weighted by atomic mass is 10.1. The fraction of sp³-hybridized carbons (Fsp3) is 0.125. The van der Waals surface area contributed by atoms with Gasteiger partial charge in [0, 0.05) is 11.1 Å². The van der Waals surface area contributed by atoms with Crippen molar-refractivity contribution in [3.63, 3.8) is 0 Å². The lowest BCUT2D eigenvalue weighted by Crippen LogP contribution is -2.04. The van der Waals surface area contributed by atoms with E-state index in [1.165, 1.54) is 12.1 Å². The molecule has 0 fully saturated rings. The fourth-order valence-electron chi connectivity index (χ4n) is 3.24. The highest BCUT2D eigenvalue weighted by Crippen LogP contribution is 2.29. The molecule has 29 heavy (non-hydrogen) atoms. The number of aromatic nitrogens is 2. The van der Waals surface area contributed by atoms with Gasteiger partial charge in [-0.15, -0.1) is 0 Å². The van der Waals surface area contributed by atoms with Gasteiger partial charge in [-0.25, -0.2) is 4.39 Å². The van der Waals surface area contributed by atoms with Gasteiger partial charge in [-0.3, -0.25) is 4.68 Å². The van der Waals surface area contributed by atoms with Crippen molar-refractivity contribution in [2.75, 3.05) is 14.2 Å². The quantitative estimate of drug-likeness (QED) is 0.442. The average Bonchev–Trinajstić information content (AvgIpc) is 3.17. The molecule has 0 atom stereocenters. The minimum Gasteiger partial charge on any atom is -0.497 e. The summed E-state index contributed by atoms with van der Waals surface area (Å²) in [5.41, 5.74) is 4.63. The summed E-state index contributed by atoms with van der Waals surface area (Å²) in [6.45, 7) is 0.468. The third-order valence-corrected chi connectivity index (χ3v) is 4.77. The summed E-state index contributed by atoms with van der Waals surface area (Å²) in [7, 11) is 3.29. The first-order valence-electron chi connectivity index (χ1n) is 9.27. The molecule has 0 aliphatic carbocycles. The zero-order valence-corrected chi connectivity index (χ0v) is 16.3. The van der Waals surface area contributed by atoms with Gasteiger partial charge in [-0.2, -0.15) is 5.10 Å². The molecule has 3 aromatic carbocycles. The lowest BCUT2D eigenvalue weighted by molar-refractivity contribution is 0.414. The van der Waals surface area contributed by atoms with Crippen LogP contribution in [0.1, 0.15) is 5.56 Å². The van der Waals surface area contributed by atoms with Crippen LogP contribution in [0.15, 0.2) is 78.9 Å². The summed E-state index contributed by atoms with van der Waals surface area (Å²) in [6, 6.07) is 24.2. The topological polar surface area (TPSA) is 36.3 Å². The number of nitrogens with zero attached hydrogens (tertiary/aromatic N) is 2. The summed E-state index contributed by atoms with van der Waals surface area (Å²) >= 11 is 0. The normalized spacial score (nSPS) is 10.7. The second kappa shape index (κ2) is 8.19. The van der Waals surface area contributed by atoms with Crippen molar-refractivity contribution in [1.82, 2.24) is 9.78 Å². The molecular formula is C24H21FN2O2. The van der Waals surface area contributed by atoms with Gasteiger partial charge in [0.15, 0.2) is 0 Å². The van der Waals surface area contributed by atoms with Crippen molar-refractivity contribution >= 4 is 0 Å². The van der Waals surface area contributed by atoms with Crippen molar-refractivity contribution in [1.29, 1.82) is 0 Å². The van der Waals surface area contributed by atoms with E-state index in [0.29, 0.717) is 6.54 Å². The Morgan fingerprint density at radius 1 is 0.793 bits per heavy atom. The first kappa shape index (κ1) is 18.7. The highest BCUT2D eigenvalue weighted by molar-refractivity contribution is 5.69. The zero-order chi connectivity index (χ0) is 20.2. The first-order chi connectivity index (χ1) is 14.2. The Kier molecular flexibility index (Phi) is 5.29. The van der Waals surface area contributed by atoms with Gasteiger partial charge in [0.2, 0.25) is 0 Å². The summed E-state index contributed by atoms with van der Waals surface area (Å²) in [4.78, 5) is 0. The van der Waals surface area contributed by atoms with Gasteiger partial charge >= 0.3 is 0 Å². The summed E-state index contributed by atoms with van der Waals surface area (Å²) in [6.07, 6.45) is 0. The number of hydrogen-bond acceptors (Lipinski definition) is 3. The van der Waals surface area contributed by atoms with Crippen LogP contribution >= 0.6 is 0 Å². The van der Waals surface area contributed by atoms with E-state index in [1.54, 1.807) is 20.3 Å². The van der Waals surface area contributed by atoms with Crippen molar-refractivity contribution in [3.8, 4) is 34.0 Å². The Morgan fingerprint density at radius 2 is 1.41 bits per heavy atom. The van der Waals surface area contributed by atoms with Crippen LogP contribution in [0.5, 0.6) is 11.5 Å². The lowest BCUT2D eigenvalue weighted by Gasteiger charge is -2.09. The number of halogens is 1. The SMILES string of the molecule is COc1ccc(-c2cc(-c3ccc(OC)cc3)n(Cc3cccc(F)c3)n2)cc1. The average molecular weight is 388 g/mol. The van der Waals surface area contributed by atoms with Gasteiger partial charge in [-0.1, -0.05) is 12.1 Å². The van der Waals surface area contributed by atoms with Crippen LogP contribution in [0, 0.1) is 5.82 Å². The van der Waals surface area contributed by atoms with Crippen LogP contribution < -0.4 is 9.47 Å². The van der Waals surface area contributed by atoms with Gasteiger partial charge in [0.1, 0.15) is 17.3 Å². The molecule has 0 saturated carbocycles. The molecule has 1 aromatic heterocycles. The molecule has 1 heterocycles. The van der Waals surface area contributed by atoms with Gasteiger partial charge in [0.05, 0.1) is 32.2 Å². The molecule has 0 radical (unpaired) electrons. The van der Waals surface area contributed by atoms with Crippen LogP contribution in [0.2, 0.25) is 0 Å². The standard InChI is InChI=1S/C24H21FN2O2/c1-28-21-10-6-18(7-11-21)23-15-24(19-8-12-22(29-2)13-9-19)27(26-23)16-17-4-3-5-20(25)14-17/h3-15H,16H2,1-2H3. The number of benzene rings is 3. The van der Waals surface area contributed by atoms with Gasteiger partial charge in [0.25, 0.3) is 0 Å². The maximum atomic E-state index is 13.7. The van der Waals surface area contributed by atoms with E-state index in [9.17, 15) is 4.39 Å². The minimum atomic E-state index is -0.254. The Balaban J connectivity index is 1.76. The predicted octanol–water partition coefficient (Wildman–Crippen LogP) is 5.42. The monoisotopic (exact) mass is 388 g/mol. The molecule has 0 N–H and O–H groups in total. The molecule has 4 rings (SSSR count). The molecule has 0 unspecified atom stereocenters. The maximum absolute atomic E-state index is 13.7. The van der Waals surface area contributed by atoms with Crippen molar-refractivity contribution in [3.05, 3.63) is 90.2 Å². The van der Waals surface area contributed by atoms with Crippen molar-refractivity contribution in [2.24, 2.45) is 0 Å². The molecular weight excluding hydrogens is 367 g/mol. The van der Waals surface area contributed by atoms with Crippen LogP contribution in [0.3, 0.4) is 0 Å². The van der Waals surface area contributed by atoms with E-state index in [0.717, 1.165) is 39.6 Å². The van der Waals surface area contributed by atoms with Crippen LogP contribution in [-0.2, 0) is 6.54 Å². The van der Waals surface area contributed by atoms with Crippen LogP contribution in [0.25, 0.3) is 22.5 Å². The zero-order valence-electron chi connectivity index (χ0n) is 16.3. The summed E-state index contributed by atoms with van der Waals surface area (Å²) < 4.78 is 26.1. The smallest absolute Gasteiger partial charge is 0.123 e. The maximum Gasteiger partial charge on any atom is 0.123 e. The Bertz CT molecular complexity index is 1100. The van der Waals surface area contributed by atoms with Gasteiger partial charge in [-0.05, 0) is 72.3 Å².